The summed E-state index contributed by atoms with van der Waals surface area (Å²) >= 11 is 0. The molecule has 1 aromatic rings. The molecule has 0 fully saturated rings. The van der Waals surface area contributed by atoms with Gasteiger partial charge < -0.3 is 14.7 Å². The smallest absolute Gasteiger partial charge is 0.129 e. The molecule has 0 saturated heterocycles. The van der Waals surface area contributed by atoms with Crippen LogP contribution in [0, 0.1) is 0 Å². The quantitative estimate of drug-likeness (QED) is 0.784. The zero-order valence-electron chi connectivity index (χ0n) is 12.5. The number of pyridine rings is 1. The number of aliphatic hydroxyl groups is 1. The molecule has 0 bridgehead atoms. The van der Waals surface area contributed by atoms with E-state index >= 15 is 0 Å². The van der Waals surface area contributed by atoms with Gasteiger partial charge in [0.2, 0.25) is 0 Å². The van der Waals surface area contributed by atoms with Crippen LogP contribution in [0.3, 0.4) is 0 Å². The Hall–Kier alpha value is -1.13. The number of aliphatic hydroxyl groups excluding tert-OH is 1. The minimum Gasteiger partial charge on any atom is -0.392 e. The molecule has 0 aromatic carbocycles. The molecule has 0 amide bonds. The van der Waals surface area contributed by atoms with Gasteiger partial charge in [-0.15, -0.1) is 0 Å². The second-order valence-corrected chi connectivity index (χ2v) is 4.82. The summed E-state index contributed by atoms with van der Waals surface area (Å²) in [6, 6.07) is 4.22. The van der Waals surface area contributed by atoms with Crippen molar-refractivity contribution in [2.24, 2.45) is 0 Å². The maximum Gasteiger partial charge on any atom is 0.129 e. The van der Waals surface area contributed by atoms with Crippen molar-refractivity contribution < 1.29 is 9.84 Å². The van der Waals surface area contributed by atoms with E-state index in [-0.39, 0.29) is 12.6 Å². The Morgan fingerprint density at radius 2 is 2.11 bits per heavy atom. The maximum atomic E-state index is 9.38. The Labute approximate surface area is 116 Å². The largest absolute Gasteiger partial charge is 0.392 e. The number of aromatic nitrogens is 1. The monoisotopic (exact) mass is 266 g/mol. The van der Waals surface area contributed by atoms with E-state index in [4.69, 9.17) is 9.72 Å². The summed E-state index contributed by atoms with van der Waals surface area (Å²) in [5.74, 6) is 0.932. The summed E-state index contributed by atoms with van der Waals surface area (Å²) in [4.78, 5) is 6.91. The molecule has 1 aromatic heterocycles. The maximum absolute atomic E-state index is 9.38. The van der Waals surface area contributed by atoms with Crippen LogP contribution in [0.5, 0.6) is 0 Å². The standard InChI is InChI=1S/C15H26N2O2/c1-5-7-14-8-13(10-18)9-15(16-14)17(6-2)12(3)11-19-4/h8-9,12,18H,5-7,10-11H2,1-4H3. The van der Waals surface area contributed by atoms with Crippen LogP contribution in [0.1, 0.15) is 38.4 Å². The lowest BCUT2D eigenvalue weighted by Crippen LogP contribution is -2.37. The topological polar surface area (TPSA) is 45.6 Å². The number of methoxy groups -OCH3 is 1. The van der Waals surface area contributed by atoms with Crippen molar-refractivity contribution in [3.63, 3.8) is 0 Å². The van der Waals surface area contributed by atoms with Gasteiger partial charge in [0.05, 0.1) is 19.3 Å². The van der Waals surface area contributed by atoms with E-state index in [0.717, 1.165) is 36.5 Å². The summed E-state index contributed by atoms with van der Waals surface area (Å²) in [7, 11) is 1.71. The van der Waals surface area contributed by atoms with Gasteiger partial charge in [0.25, 0.3) is 0 Å². The minimum absolute atomic E-state index is 0.0580. The molecule has 4 nitrogen and oxygen atoms in total. The number of aryl methyl sites for hydroxylation is 1. The van der Waals surface area contributed by atoms with Gasteiger partial charge in [-0.1, -0.05) is 13.3 Å². The molecule has 0 aliphatic rings. The number of rotatable bonds is 8. The van der Waals surface area contributed by atoms with Crippen LogP contribution in [0.2, 0.25) is 0 Å². The van der Waals surface area contributed by atoms with Gasteiger partial charge in [-0.3, -0.25) is 0 Å². The van der Waals surface area contributed by atoms with E-state index in [9.17, 15) is 5.11 Å². The molecule has 0 aliphatic heterocycles. The fraction of sp³-hybridized carbons (Fsp3) is 0.667. The Kier molecular flexibility index (Phi) is 6.81. The molecule has 1 atom stereocenters. The van der Waals surface area contributed by atoms with Crippen molar-refractivity contribution >= 4 is 5.82 Å². The molecule has 108 valence electrons. The first-order valence-electron chi connectivity index (χ1n) is 7.02. The number of hydrogen-bond donors (Lipinski definition) is 1. The Bertz CT molecular complexity index is 382. The third kappa shape index (κ3) is 4.48. The van der Waals surface area contributed by atoms with Gasteiger partial charge in [-0.25, -0.2) is 4.98 Å². The van der Waals surface area contributed by atoms with Crippen LogP contribution in [0.4, 0.5) is 5.82 Å². The summed E-state index contributed by atoms with van der Waals surface area (Å²) < 4.78 is 5.22. The van der Waals surface area contributed by atoms with Crippen LogP contribution in [0.15, 0.2) is 12.1 Å². The van der Waals surface area contributed by atoms with E-state index in [0.29, 0.717) is 6.61 Å². The fourth-order valence-corrected chi connectivity index (χ4v) is 2.29. The highest BCUT2D eigenvalue weighted by Gasteiger charge is 2.15. The summed E-state index contributed by atoms with van der Waals surface area (Å²) in [5, 5.41) is 9.38. The lowest BCUT2D eigenvalue weighted by Gasteiger charge is -2.29. The Morgan fingerprint density at radius 3 is 2.63 bits per heavy atom. The molecular formula is C15H26N2O2. The van der Waals surface area contributed by atoms with Gasteiger partial charge >= 0.3 is 0 Å². The minimum atomic E-state index is 0.0580. The highest BCUT2D eigenvalue weighted by Crippen LogP contribution is 2.18. The number of likely N-dealkylation sites (N-methyl/N-ethyl adjacent to an activating group) is 1. The number of hydrogen-bond acceptors (Lipinski definition) is 4. The molecule has 0 spiro atoms. The third-order valence-corrected chi connectivity index (χ3v) is 3.19. The molecule has 0 aliphatic carbocycles. The zero-order valence-corrected chi connectivity index (χ0v) is 12.5. The van der Waals surface area contributed by atoms with Crippen LogP contribution >= 0.6 is 0 Å². The predicted molar refractivity (Wildman–Crippen MR) is 78.5 cm³/mol. The average molecular weight is 266 g/mol. The molecule has 1 rings (SSSR count). The summed E-state index contributed by atoms with van der Waals surface area (Å²) in [6.07, 6.45) is 2.00. The van der Waals surface area contributed by atoms with Crippen molar-refractivity contribution in [2.45, 2.75) is 46.3 Å². The van der Waals surface area contributed by atoms with Gasteiger partial charge in [-0.05, 0) is 38.0 Å². The number of nitrogens with zero attached hydrogens (tertiary/aromatic N) is 2. The van der Waals surface area contributed by atoms with Gasteiger partial charge in [0.15, 0.2) is 0 Å². The molecular weight excluding hydrogens is 240 g/mol. The number of ether oxygens (including phenoxy) is 1. The van der Waals surface area contributed by atoms with Crippen molar-refractivity contribution in [3.05, 3.63) is 23.4 Å². The molecule has 1 heterocycles. The fourth-order valence-electron chi connectivity index (χ4n) is 2.29. The van der Waals surface area contributed by atoms with Crippen LogP contribution < -0.4 is 4.90 Å². The molecule has 1 N–H and O–H groups in total. The van der Waals surface area contributed by atoms with E-state index < -0.39 is 0 Å². The second kappa shape index (κ2) is 8.12. The van der Waals surface area contributed by atoms with Crippen LogP contribution in [-0.4, -0.2) is 36.4 Å². The SMILES string of the molecule is CCCc1cc(CO)cc(N(CC)C(C)COC)n1. The van der Waals surface area contributed by atoms with E-state index in [1.807, 2.05) is 12.1 Å². The highest BCUT2D eigenvalue weighted by molar-refractivity contribution is 5.43. The third-order valence-electron chi connectivity index (χ3n) is 3.19. The van der Waals surface area contributed by atoms with Crippen LogP contribution in [-0.2, 0) is 17.8 Å². The van der Waals surface area contributed by atoms with Gasteiger partial charge in [0, 0.05) is 19.3 Å². The van der Waals surface area contributed by atoms with Crippen molar-refractivity contribution in [3.8, 4) is 0 Å². The van der Waals surface area contributed by atoms with Crippen LogP contribution in [0.25, 0.3) is 0 Å². The van der Waals surface area contributed by atoms with Crippen molar-refractivity contribution in [1.29, 1.82) is 0 Å². The predicted octanol–water partition coefficient (Wildman–Crippen LogP) is 2.39. The molecule has 4 heteroatoms. The number of anilines is 1. The van der Waals surface area contributed by atoms with Crippen molar-refractivity contribution in [2.75, 3.05) is 25.2 Å². The Balaban J connectivity index is 3.04. The van der Waals surface area contributed by atoms with E-state index in [1.54, 1.807) is 7.11 Å². The summed E-state index contributed by atoms with van der Waals surface area (Å²) in [5.41, 5.74) is 1.98. The zero-order chi connectivity index (χ0) is 14.3. The molecule has 19 heavy (non-hydrogen) atoms. The molecule has 1 unspecified atom stereocenters. The van der Waals surface area contributed by atoms with Gasteiger partial charge in [-0.2, -0.15) is 0 Å². The average Bonchev–Trinajstić information content (AvgIpc) is 2.40. The second-order valence-electron chi connectivity index (χ2n) is 4.82. The summed E-state index contributed by atoms with van der Waals surface area (Å²) in [6.45, 7) is 7.97. The first-order valence-corrected chi connectivity index (χ1v) is 7.02. The lowest BCUT2D eigenvalue weighted by atomic mass is 10.1. The Morgan fingerprint density at radius 1 is 1.37 bits per heavy atom. The van der Waals surface area contributed by atoms with Gasteiger partial charge in [0.1, 0.15) is 5.82 Å². The highest BCUT2D eigenvalue weighted by atomic mass is 16.5. The van der Waals surface area contributed by atoms with E-state index in [2.05, 4.69) is 25.7 Å². The first-order chi connectivity index (χ1) is 9.15. The van der Waals surface area contributed by atoms with E-state index in [1.165, 1.54) is 0 Å². The molecule has 0 saturated carbocycles. The lowest BCUT2D eigenvalue weighted by molar-refractivity contribution is 0.181. The normalized spacial score (nSPS) is 12.5. The van der Waals surface area contributed by atoms with Crippen molar-refractivity contribution in [1.82, 2.24) is 4.98 Å². The first kappa shape index (κ1) is 15.9. The molecule has 0 radical (unpaired) electrons.